The van der Waals surface area contributed by atoms with Gasteiger partial charge in [0.05, 0.1) is 10.7 Å². The third-order valence-electron chi connectivity index (χ3n) is 2.72. The van der Waals surface area contributed by atoms with Gasteiger partial charge in [0.1, 0.15) is 5.75 Å². The quantitative estimate of drug-likeness (QED) is 0.855. The van der Waals surface area contributed by atoms with E-state index < -0.39 is 5.91 Å². The first-order valence-electron chi connectivity index (χ1n) is 6.23. The van der Waals surface area contributed by atoms with Crippen molar-refractivity contribution in [1.82, 2.24) is 0 Å². The van der Waals surface area contributed by atoms with E-state index in [2.05, 4.69) is 5.32 Å². The highest BCUT2D eigenvalue weighted by Gasteiger charge is 2.02. The van der Waals surface area contributed by atoms with Gasteiger partial charge in [-0.1, -0.05) is 35.3 Å². The lowest BCUT2D eigenvalue weighted by atomic mass is 10.2. The predicted molar refractivity (Wildman–Crippen MR) is 84.9 cm³/mol. The maximum absolute atomic E-state index is 10.6. The number of hydrogen-bond donors (Lipinski definition) is 2. The summed E-state index contributed by atoms with van der Waals surface area (Å²) in [6.07, 6.45) is 0. The van der Waals surface area contributed by atoms with Gasteiger partial charge >= 0.3 is 0 Å². The van der Waals surface area contributed by atoms with Crippen LogP contribution < -0.4 is 15.8 Å². The highest BCUT2D eigenvalue weighted by atomic mass is 35.5. The molecule has 0 radical (unpaired) electrons. The van der Waals surface area contributed by atoms with Crippen LogP contribution in [0.4, 0.5) is 5.69 Å². The van der Waals surface area contributed by atoms with E-state index in [1.165, 1.54) is 0 Å². The number of carbonyl (C=O) groups is 1. The van der Waals surface area contributed by atoms with Crippen molar-refractivity contribution in [3.8, 4) is 5.75 Å². The van der Waals surface area contributed by atoms with Crippen molar-refractivity contribution in [1.29, 1.82) is 0 Å². The molecule has 3 N–H and O–H groups in total. The smallest absolute Gasteiger partial charge is 0.255 e. The van der Waals surface area contributed by atoms with Gasteiger partial charge in [-0.3, -0.25) is 4.79 Å². The Morgan fingerprint density at radius 1 is 1.14 bits per heavy atom. The minimum Gasteiger partial charge on any atom is -0.484 e. The summed E-state index contributed by atoms with van der Waals surface area (Å²) < 4.78 is 5.19. The van der Waals surface area contributed by atoms with Crippen LogP contribution in [0.1, 0.15) is 5.56 Å². The number of hydrogen-bond acceptors (Lipinski definition) is 3. The molecular weight excluding hydrogens is 311 g/mol. The van der Waals surface area contributed by atoms with Crippen LogP contribution in [0.2, 0.25) is 10.0 Å². The summed E-state index contributed by atoms with van der Waals surface area (Å²) in [5.41, 5.74) is 6.83. The molecule has 0 atom stereocenters. The fraction of sp³-hybridized carbons (Fsp3) is 0.133. The van der Waals surface area contributed by atoms with E-state index >= 15 is 0 Å². The molecule has 0 unspecified atom stereocenters. The predicted octanol–water partition coefficient (Wildman–Crippen LogP) is 3.47. The maximum Gasteiger partial charge on any atom is 0.255 e. The van der Waals surface area contributed by atoms with E-state index in [-0.39, 0.29) is 6.61 Å². The summed E-state index contributed by atoms with van der Waals surface area (Å²) in [7, 11) is 0. The number of halogens is 2. The number of rotatable bonds is 6. The Labute approximate surface area is 132 Å². The largest absolute Gasteiger partial charge is 0.484 e. The molecule has 0 aliphatic rings. The van der Waals surface area contributed by atoms with Gasteiger partial charge < -0.3 is 15.8 Å². The molecule has 0 saturated carbocycles. The highest BCUT2D eigenvalue weighted by Crippen LogP contribution is 2.26. The van der Waals surface area contributed by atoms with Gasteiger partial charge in [-0.15, -0.1) is 0 Å². The molecular formula is C15H14Cl2N2O2. The number of nitrogens with two attached hydrogens (primary N) is 1. The molecule has 4 nitrogen and oxygen atoms in total. The molecule has 2 aromatic carbocycles. The number of nitrogens with one attached hydrogen (secondary N) is 1. The fourth-order valence-electron chi connectivity index (χ4n) is 1.69. The van der Waals surface area contributed by atoms with Crippen LogP contribution in [0.15, 0.2) is 42.5 Å². The SMILES string of the molecule is NC(=O)COc1ccc(CNc2cc(Cl)ccc2Cl)cc1. The Bertz CT molecular complexity index is 630. The monoisotopic (exact) mass is 324 g/mol. The number of ether oxygens (including phenoxy) is 1. The molecule has 0 bridgehead atoms. The molecule has 2 aromatic rings. The van der Waals surface area contributed by atoms with Crippen molar-refractivity contribution in [3.63, 3.8) is 0 Å². The third-order valence-corrected chi connectivity index (χ3v) is 3.28. The lowest BCUT2D eigenvalue weighted by Gasteiger charge is -2.10. The summed E-state index contributed by atoms with van der Waals surface area (Å²) in [6, 6.07) is 12.6. The Balaban J connectivity index is 1.94. The van der Waals surface area contributed by atoms with Gasteiger partial charge in [0.15, 0.2) is 6.61 Å². The van der Waals surface area contributed by atoms with Gasteiger partial charge in [-0.25, -0.2) is 0 Å². The summed E-state index contributed by atoms with van der Waals surface area (Å²) in [6.45, 7) is 0.464. The summed E-state index contributed by atoms with van der Waals surface area (Å²) in [5, 5.41) is 4.44. The van der Waals surface area contributed by atoms with Crippen LogP contribution in [-0.2, 0) is 11.3 Å². The normalized spacial score (nSPS) is 10.2. The van der Waals surface area contributed by atoms with E-state index in [0.29, 0.717) is 22.3 Å². The molecule has 110 valence electrons. The first-order chi connectivity index (χ1) is 10.0. The minimum absolute atomic E-state index is 0.129. The third kappa shape index (κ3) is 4.85. The average molecular weight is 325 g/mol. The molecule has 0 aliphatic carbocycles. The topological polar surface area (TPSA) is 64.4 Å². The van der Waals surface area contributed by atoms with Crippen molar-refractivity contribution >= 4 is 34.8 Å². The standard InChI is InChI=1S/C15H14Cl2N2O2/c16-11-3-6-13(17)14(7-11)19-8-10-1-4-12(5-2-10)21-9-15(18)20/h1-7,19H,8-9H2,(H2,18,20). The Hall–Kier alpha value is -1.91. The number of amides is 1. The lowest BCUT2D eigenvalue weighted by Crippen LogP contribution is -2.19. The van der Waals surface area contributed by atoms with Crippen LogP contribution in [0, 0.1) is 0 Å². The van der Waals surface area contributed by atoms with E-state index in [1.807, 2.05) is 12.1 Å². The lowest BCUT2D eigenvalue weighted by molar-refractivity contribution is -0.119. The van der Waals surface area contributed by atoms with E-state index in [1.54, 1.807) is 30.3 Å². The van der Waals surface area contributed by atoms with Crippen molar-refractivity contribution in [3.05, 3.63) is 58.1 Å². The summed E-state index contributed by atoms with van der Waals surface area (Å²) in [4.78, 5) is 10.6. The molecule has 21 heavy (non-hydrogen) atoms. The number of benzene rings is 2. The summed E-state index contributed by atoms with van der Waals surface area (Å²) in [5.74, 6) is 0.0923. The second kappa shape index (κ2) is 7.20. The fourth-order valence-corrected chi connectivity index (χ4v) is 2.04. The molecule has 1 amide bonds. The van der Waals surface area contributed by atoms with E-state index in [0.717, 1.165) is 11.3 Å². The first-order valence-corrected chi connectivity index (χ1v) is 6.99. The van der Waals surface area contributed by atoms with Crippen molar-refractivity contribution in [2.24, 2.45) is 5.73 Å². The minimum atomic E-state index is -0.503. The Morgan fingerprint density at radius 2 is 1.86 bits per heavy atom. The van der Waals surface area contributed by atoms with Gasteiger partial charge in [-0.2, -0.15) is 0 Å². The van der Waals surface area contributed by atoms with Crippen molar-refractivity contribution < 1.29 is 9.53 Å². The van der Waals surface area contributed by atoms with Gasteiger partial charge in [0, 0.05) is 11.6 Å². The average Bonchev–Trinajstić information content (AvgIpc) is 2.47. The van der Waals surface area contributed by atoms with Gasteiger partial charge in [-0.05, 0) is 35.9 Å². The summed E-state index contributed by atoms with van der Waals surface area (Å²) >= 11 is 12.0. The van der Waals surface area contributed by atoms with Crippen LogP contribution in [-0.4, -0.2) is 12.5 Å². The zero-order valence-corrected chi connectivity index (χ0v) is 12.6. The second-order valence-corrected chi connectivity index (χ2v) is 5.22. The highest BCUT2D eigenvalue weighted by molar-refractivity contribution is 6.35. The number of carbonyl (C=O) groups excluding carboxylic acids is 1. The van der Waals surface area contributed by atoms with Crippen LogP contribution in [0.5, 0.6) is 5.75 Å². The van der Waals surface area contributed by atoms with Crippen molar-refractivity contribution in [2.75, 3.05) is 11.9 Å². The Kier molecular flexibility index (Phi) is 5.31. The van der Waals surface area contributed by atoms with E-state index in [4.69, 9.17) is 33.7 Å². The number of primary amides is 1. The molecule has 0 fully saturated rings. The molecule has 0 heterocycles. The zero-order valence-electron chi connectivity index (χ0n) is 11.1. The zero-order chi connectivity index (χ0) is 15.2. The van der Waals surface area contributed by atoms with Crippen LogP contribution in [0.3, 0.4) is 0 Å². The van der Waals surface area contributed by atoms with Gasteiger partial charge in [0.2, 0.25) is 0 Å². The molecule has 6 heteroatoms. The first kappa shape index (κ1) is 15.5. The molecule has 0 saturated heterocycles. The molecule has 0 aliphatic heterocycles. The van der Waals surface area contributed by atoms with Crippen LogP contribution >= 0.6 is 23.2 Å². The Morgan fingerprint density at radius 3 is 2.52 bits per heavy atom. The van der Waals surface area contributed by atoms with Crippen molar-refractivity contribution in [2.45, 2.75) is 6.54 Å². The molecule has 2 rings (SSSR count). The van der Waals surface area contributed by atoms with E-state index in [9.17, 15) is 4.79 Å². The molecule has 0 aromatic heterocycles. The second-order valence-electron chi connectivity index (χ2n) is 4.38. The molecule has 0 spiro atoms. The maximum atomic E-state index is 10.6. The van der Waals surface area contributed by atoms with Crippen LogP contribution in [0.25, 0.3) is 0 Å². The number of anilines is 1. The van der Waals surface area contributed by atoms with Gasteiger partial charge in [0.25, 0.3) is 5.91 Å².